The van der Waals surface area contributed by atoms with Crippen LogP contribution in [0.25, 0.3) is 10.8 Å². The maximum atomic E-state index is 14.2. The lowest BCUT2D eigenvalue weighted by Gasteiger charge is -2.38. The van der Waals surface area contributed by atoms with E-state index in [0.29, 0.717) is 11.9 Å². The molecule has 0 aromatic heterocycles. The van der Waals surface area contributed by atoms with E-state index in [1.165, 1.54) is 11.6 Å². The first kappa shape index (κ1) is 20.7. The first-order valence-corrected chi connectivity index (χ1v) is 11.3. The van der Waals surface area contributed by atoms with Gasteiger partial charge in [-0.1, -0.05) is 48.0 Å². The number of anilines is 1. The summed E-state index contributed by atoms with van der Waals surface area (Å²) < 4.78 is 14.2. The first-order valence-electron chi connectivity index (χ1n) is 10.9. The number of hydrogen-bond donors (Lipinski definition) is 1. The predicted octanol–water partition coefficient (Wildman–Crippen LogP) is 4.00. The molecule has 0 radical (unpaired) electrons. The van der Waals surface area contributed by atoms with Crippen LogP contribution in [0.3, 0.4) is 0 Å². The average molecular weight is 440 g/mol. The van der Waals surface area contributed by atoms with Crippen molar-refractivity contribution in [1.29, 1.82) is 0 Å². The molecule has 0 spiro atoms. The number of aliphatic hydroxyl groups is 1. The minimum Gasteiger partial charge on any atom is -0.390 e. The molecule has 2 heterocycles. The molecule has 0 amide bonds. The number of rotatable bonds is 4. The molecule has 6 heteroatoms. The highest BCUT2D eigenvalue weighted by molar-refractivity contribution is 6.30. The number of fused-ring (bicyclic) bond motifs is 1. The van der Waals surface area contributed by atoms with Gasteiger partial charge in [0.2, 0.25) is 0 Å². The molecule has 162 valence electrons. The molecule has 3 aromatic carbocycles. The van der Waals surface area contributed by atoms with Gasteiger partial charge in [-0.3, -0.25) is 9.80 Å². The molecule has 2 atom stereocenters. The predicted molar refractivity (Wildman–Crippen MR) is 124 cm³/mol. The van der Waals surface area contributed by atoms with Crippen LogP contribution in [-0.4, -0.2) is 66.3 Å². The highest BCUT2D eigenvalue weighted by Crippen LogP contribution is 2.32. The van der Waals surface area contributed by atoms with Gasteiger partial charge in [0.05, 0.1) is 12.1 Å². The molecule has 31 heavy (non-hydrogen) atoms. The van der Waals surface area contributed by atoms with Crippen LogP contribution < -0.4 is 4.90 Å². The van der Waals surface area contributed by atoms with Crippen LogP contribution in [0.1, 0.15) is 5.56 Å². The van der Waals surface area contributed by atoms with E-state index in [-0.39, 0.29) is 11.9 Å². The van der Waals surface area contributed by atoms with Gasteiger partial charge in [0, 0.05) is 67.3 Å². The fraction of sp³-hybridized carbons (Fsp3) is 0.360. The zero-order valence-electron chi connectivity index (χ0n) is 17.4. The van der Waals surface area contributed by atoms with E-state index in [4.69, 9.17) is 11.6 Å². The van der Waals surface area contributed by atoms with Crippen LogP contribution in [0, 0.1) is 5.82 Å². The fourth-order valence-corrected chi connectivity index (χ4v) is 5.07. The zero-order chi connectivity index (χ0) is 21.4. The highest BCUT2D eigenvalue weighted by Gasteiger charge is 2.37. The number of aliphatic hydroxyl groups excluding tert-OH is 1. The molecule has 0 bridgehead atoms. The second-order valence-corrected chi connectivity index (χ2v) is 9.03. The zero-order valence-corrected chi connectivity index (χ0v) is 18.2. The molecular weight excluding hydrogens is 413 g/mol. The lowest BCUT2D eigenvalue weighted by Crippen LogP contribution is -2.53. The van der Waals surface area contributed by atoms with Crippen molar-refractivity contribution in [3.8, 4) is 0 Å². The van der Waals surface area contributed by atoms with Gasteiger partial charge >= 0.3 is 0 Å². The molecule has 5 rings (SSSR count). The topological polar surface area (TPSA) is 30.0 Å². The molecule has 2 aliphatic rings. The summed E-state index contributed by atoms with van der Waals surface area (Å²) in [5, 5.41) is 13.1. The van der Waals surface area contributed by atoms with Crippen molar-refractivity contribution in [3.63, 3.8) is 0 Å². The second kappa shape index (κ2) is 8.75. The van der Waals surface area contributed by atoms with E-state index in [1.807, 2.05) is 42.5 Å². The molecule has 0 saturated carbocycles. The van der Waals surface area contributed by atoms with E-state index < -0.39 is 6.10 Å². The number of piperazine rings is 1. The van der Waals surface area contributed by atoms with Crippen LogP contribution in [0.2, 0.25) is 5.02 Å². The average Bonchev–Trinajstić information content (AvgIpc) is 3.17. The summed E-state index contributed by atoms with van der Waals surface area (Å²) in [7, 11) is 0. The molecule has 2 unspecified atom stereocenters. The van der Waals surface area contributed by atoms with Gasteiger partial charge in [-0.2, -0.15) is 0 Å². The standard InChI is InChI=1S/C25H27ClFN3O/c26-19-7-5-18(6-8-19)15-28-11-13-29(14-12-28)24-16-30(17-25(24)31)23-10-9-22(27)20-3-1-2-4-21(20)23/h1-10,24-25,31H,11-17H2. The molecule has 2 fully saturated rings. The van der Waals surface area contributed by atoms with Gasteiger partial charge in [-0.05, 0) is 29.8 Å². The van der Waals surface area contributed by atoms with Gasteiger partial charge in [0.15, 0.2) is 0 Å². The Balaban J connectivity index is 1.24. The van der Waals surface area contributed by atoms with Gasteiger partial charge in [-0.25, -0.2) is 4.39 Å². The molecule has 0 aliphatic carbocycles. The minimum absolute atomic E-state index is 0.0986. The third kappa shape index (κ3) is 4.28. The van der Waals surface area contributed by atoms with Crippen LogP contribution in [0.5, 0.6) is 0 Å². The first-order chi connectivity index (χ1) is 15.1. The van der Waals surface area contributed by atoms with Crippen LogP contribution in [0.15, 0.2) is 60.7 Å². The Morgan fingerprint density at radius 3 is 2.32 bits per heavy atom. The van der Waals surface area contributed by atoms with E-state index >= 15 is 0 Å². The second-order valence-electron chi connectivity index (χ2n) is 8.59. The summed E-state index contributed by atoms with van der Waals surface area (Å²) in [4.78, 5) is 7.07. The summed E-state index contributed by atoms with van der Waals surface area (Å²) in [6.07, 6.45) is -0.411. The Morgan fingerprint density at radius 1 is 0.871 bits per heavy atom. The number of β-amino-alcohol motifs (C(OH)–C–C–N with tert-alkyl or cyclic N) is 1. The molecule has 3 aromatic rings. The van der Waals surface area contributed by atoms with E-state index in [1.54, 1.807) is 0 Å². The van der Waals surface area contributed by atoms with Crippen molar-refractivity contribution in [2.45, 2.75) is 18.7 Å². The fourth-order valence-electron chi connectivity index (χ4n) is 4.95. The summed E-state index contributed by atoms with van der Waals surface area (Å²) in [5.74, 6) is -0.201. The quantitative estimate of drug-likeness (QED) is 0.665. The molecular formula is C25H27ClFN3O. The van der Waals surface area contributed by atoms with Crippen LogP contribution >= 0.6 is 11.6 Å². The highest BCUT2D eigenvalue weighted by atomic mass is 35.5. The molecule has 4 nitrogen and oxygen atoms in total. The molecule has 2 saturated heterocycles. The Morgan fingerprint density at radius 2 is 1.58 bits per heavy atom. The lowest BCUT2D eigenvalue weighted by atomic mass is 10.1. The summed E-state index contributed by atoms with van der Waals surface area (Å²) in [6.45, 7) is 6.09. The third-order valence-corrected chi connectivity index (χ3v) is 6.89. The Kier molecular flexibility index (Phi) is 5.85. The summed E-state index contributed by atoms with van der Waals surface area (Å²) in [6, 6.07) is 19.1. The van der Waals surface area contributed by atoms with Gasteiger partial charge in [-0.15, -0.1) is 0 Å². The van der Waals surface area contributed by atoms with Crippen LogP contribution in [0.4, 0.5) is 10.1 Å². The Bertz CT molecular complexity index is 1050. The normalized spacial score (nSPS) is 23.0. The van der Waals surface area contributed by atoms with Crippen molar-refractivity contribution in [2.75, 3.05) is 44.2 Å². The van der Waals surface area contributed by atoms with E-state index in [9.17, 15) is 9.50 Å². The number of nitrogens with zero attached hydrogens (tertiary/aromatic N) is 3. The maximum Gasteiger partial charge on any atom is 0.131 e. The van der Waals surface area contributed by atoms with Crippen LogP contribution in [-0.2, 0) is 6.54 Å². The third-order valence-electron chi connectivity index (χ3n) is 6.64. The number of halogens is 2. The van der Waals surface area contributed by atoms with Crippen molar-refractivity contribution in [3.05, 3.63) is 77.1 Å². The Labute approximate surface area is 187 Å². The van der Waals surface area contributed by atoms with E-state index in [0.717, 1.165) is 55.4 Å². The van der Waals surface area contributed by atoms with Crippen molar-refractivity contribution in [1.82, 2.24) is 9.80 Å². The summed E-state index contributed by atoms with van der Waals surface area (Å²) >= 11 is 5.99. The van der Waals surface area contributed by atoms with E-state index in [2.05, 4.69) is 26.8 Å². The van der Waals surface area contributed by atoms with Gasteiger partial charge < -0.3 is 10.0 Å². The van der Waals surface area contributed by atoms with Gasteiger partial charge in [0.25, 0.3) is 0 Å². The molecule has 1 N–H and O–H groups in total. The number of benzene rings is 3. The SMILES string of the molecule is OC1CN(c2ccc(F)c3ccccc23)CC1N1CCN(Cc2ccc(Cl)cc2)CC1. The maximum absolute atomic E-state index is 14.2. The minimum atomic E-state index is -0.411. The smallest absolute Gasteiger partial charge is 0.131 e. The van der Waals surface area contributed by atoms with Crippen molar-refractivity contribution < 1.29 is 9.50 Å². The number of hydrogen-bond acceptors (Lipinski definition) is 4. The van der Waals surface area contributed by atoms with Crippen molar-refractivity contribution in [2.24, 2.45) is 0 Å². The Hall–Kier alpha value is -2.18. The van der Waals surface area contributed by atoms with Crippen molar-refractivity contribution >= 4 is 28.1 Å². The van der Waals surface area contributed by atoms with Gasteiger partial charge in [0.1, 0.15) is 5.82 Å². The largest absolute Gasteiger partial charge is 0.390 e. The monoisotopic (exact) mass is 439 g/mol. The molecule has 2 aliphatic heterocycles. The lowest BCUT2D eigenvalue weighted by molar-refractivity contribution is 0.0424. The summed E-state index contributed by atoms with van der Waals surface area (Å²) in [5.41, 5.74) is 2.27.